The van der Waals surface area contributed by atoms with Crippen LogP contribution >= 0.6 is 7.92 Å². The summed E-state index contributed by atoms with van der Waals surface area (Å²) in [4.78, 5) is 12.5. The Morgan fingerprint density at radius 2 is 1.29 bits per heavy atom. The van der Waals surface area contributed by atoms with Crippen LogP contribution in [0.25, 0.3) is 0 Å². The first kappa shape index (κ1) is 14.0. The molecule has 0 amide bonds. The topological polar surface area (TPSA) is 17.1 Å². The summed E-state index contributed by atoms with van der Waals surface area (Å²) >= 11 is 0. The van der Waals surface area contributed by atoms with E-state index in [9.17, 15) is 4.79 Å². The zero-order valence-corrected chi connectivity index (χ0v) is 12.6. The van der Waals surface area contributed by atoms with E-state index in [1.165, 1.54) is 10.6 Å². The first-order valence-corrected chi connectivity index (χ1v) is 8.62. The van der Waals surface area contributed by atoms with Crippen LogP contribution in [0.15, 0.2) is 85.0 Å². The van der Waals surface area contributed by atoms with Crippen LogP contribution < -0.4 is 10.6 Å². The van der Waals surface area contributed by atoms with Crippen molar-refractivity contribution >= 4 is 24.3 Å². The van der Waals surface area contributed by atoms with Gasteiger partial charge in [-0.1, -0.05) is 85.0 Å². The fraction of sp³-hybridized carbons (Fsp3) is 0.105. The van der Waals surface area contributed by atoms with Gasteiger partial charge in [-0.15, -0.1) is 0 Å². The number of carbonyl (C=O) groups excluding carboxylic acids is 1. The van der Waals surface area contributed by atoms with Gasteiger partial charge in [-0.3, -0.25) is 4.79 Å². The summed E-state index contributed by atoms with van der Waals surface area (Å²) in [5.74, 6) is 0.265. The number of benzene rings is 2. The van der Waals surface area contributed by atoms with E-state index >= 15 is 0 Å². The Morgan fingerprint density at radius 3 is 1.76 bits per heavy atom. The molecule has 21 heavy (non-hydrogen) atoms. The second kappa shape index (κ2) is 6.65. The highest BCUT2D eigenvalue weighted by Crippen LogP contribution is 2.34. The van der Waals surface area contributed by atoms with Crippen molar-refractivity contribution in [2.75, 3.05) is 6.16 Å². The van der Waals surface area contributed by atoms with Crippen molar-refractivity contribution in [3.05, 3.63) is 85.0 Å². The molecule has 0 saturated carbocycles. The van der Waals surface area contributed by atoms with Crippen molar-refractivity contribution in [1.29, 1.82) is 0 Å². The summed E-state index contributed by atoms with van der Waals surface area (Å²) < 4.78 is 0. The van der Waals surface area contributed by atoms with E-state index in [1.807, 2.05) is 60.7 Å². The number of hydrogen-bond acceptors (Lipinski definition) is 1. The van der Waals surface area contributed by atoms with Gasteiger partial charge in [0.1, 0.15) is 5.78 Å². The van der Waals surface area contributed by atoms with Crippen LogP contribution in [0.3, 0.4) is 0 Å². The van der Waals surface area contributed by atoms with Gasteiger partial charge in [0.2, 0.25) is 0 Å². The zero-order chi connectivity index (χ0) is 14.5. The molecule has 2 aromatic carbocycles. The largest absolute Gasteiger partial charge is 0.298 e. The monoisotopic (exact) mass is 292 g/mol. The van der Waals surface area contributed by atoms with E-state index < -0.39 is 7.92 Å². The quantitative estimate of drug-likeness (QED) is 0.772. The van der Waals surface area contributed by atoms with Crippen molar-refractivity contribution in [2.45, 2.75) is 0 Å². The van der Waals surface area contributed by atoms with Crippen molar-refractivity contribution in [3.63, 3.8) is 0 Å². The molecule has 0 bridgehead atoms. The van der Waals surface area contributed by atoms with Gasteiger partial charge in [0, 0.05) is 6.16 Å². The van der Waals surface area contributed by atoms with Crippen LogP contribution in [-0.2, 0) is 4.79 Å². The molecule has 0 heterocycles. The van der Waals surface area contributed by atoms with Gasteiger partial charge in [-0.2, -0.15) is 0 Å². The second-order valence-electron chi connectivity index (χ2n) is 5.02. The molecule has 0 N–H and O–H groups in total. The molecule has 2 aromatic rings. The lowest BCUT2D eigenvalue weighted by Crippen LogP contribution is -2.21. The van der Waals surface area contributed by atoms with Crippen LogP contribution in [0, 0.1) is 5.92 Å². The zero-order valence-electron chi connectivity index (χ0n) is 11.7. The molecule has 0 aliphatic heterocycles. The van der Waals surface area contributed by atoms with Crippen molar-refractivity contribution in [1.82, 2.24) is 0 Å². The summed E-state index contributed by atoms with van der Waals surface area (Å²) in [6, 6.07) is 20.8. The van der Waals surface area contributed by atoms with E-state index in [0.29, 0.717) is 11.9 Å². The lowest BCUT2D eigenvalue weighted by atomic mass is 10.1. The number of Topliss-reactive ketones (excluding diaryl/α,β-unsaturated/α-hetero) is 1. The average Bonchev–Trinajstić information content (AvgIpc) is 3.09. The van der Waals surface area contributed by atoms with Crippen LogP contribution in [-0.4, -0.2) is 11.9 Å². The Hall–Kier alpha value is -1.98. The average molecular weight is 292 g/mol. The van der Waals surface area contributed by atoms with Gasteiger partial charge >= 0.3 is 0 Å². The molecule has 0 unspecified atom stereocenters. The first-order chi connectivity index (χ1) is 10.3. The molecule has 0 spiro atoms. The highest BCUT2D eigenvalue weighted by molar-refractivity contribution is 7.73. The lowest BCUT2D eigenvalue weighted by molar-refractivity contribution is -0.117. The molecule has 0 saturated heterocycles. The van der Waals surface area contributed by atoms with E-state index in [4.69, 9.17) is 0 Å². The van der Waals surface area contributed by atoms with Crippen LogP contribution in [0.4, 0.5) is 0 Å². The van der Waals surface area contributed by atoms with E-state index in [1.54, 1.807) is 0 Å². The summed E-state index contributed by atoms with van der Waals surface area (Å²) in [7, 11) is -0.624. The van der Waals surface area contributed by atoms with Gasteiger partial charge in [-0.25, -0.2) is 0 Å². The molecule has 1 aliphatic carbocycles. The lowest BCUT2D eigenvalue weighted by Gasteiger charge is -2.19. The molecule has 2 heteroatoms. The fourth-order valence-electron chi connectivity index (χ4n) is 2.46. The predicted octanol–water partition coefficient (Wildman–Crippen LogP) is 3.43. The molecule has 104 valence electrons. The highest BCUT2D eigenvalue weighted by atomic mass is 31.1. The van der Waals surface area contributed by atoms with Crippen molar-refractivity contribution in [3.8, 4) is 0 Å². The summed E-state index contributed by atoms with van der Waals surface area (Å²) in [5.41, 5.74) is 0. The highest BCUT2D eigenvalue weighted by Gasteiger charge is 2.21. The minimum absolute atomic E-state index is 0.0394. The third kappa shape index (κ3) is 3.37. The Kier molecular flexibility index (Phi) is 4.43. The van der Waals surface area contributed by atoms with Gasteiger partial charge in [-0.05, 0) is 18.5 Å². The number of rotatable bonds is 5. The summed E-state index contributed by atoms with van der Waals surface area (Å²) in [6.45, 7) is 0. The van der Waals surface area contributed by atoms with Crippen LogP contribution in [0.5, 0.6) is 0 Å². The molecule has 0 aromatic heterocycles. The molecule has 3 rings (SSSR count). The Labute approximate surface area is 126 Å². The van der Waals surface area contributed by atoms with E-state index in [-0.39, 0.29) is 5.92 Å². The molecule has 0 radical (unpaired) electrons. The van der Waals surface area contributed by atoms with Gasteiger partial charge < -0.3 is 0 Å². The predicted molar refractivity (Wildman–Crippen MR) is 90.7 cm³/mol. The molecule has 1 nitrogen and oxygen atoms in total. The normalized spacial score (nSPS) is 14.0. The van der Waals surface area contributed by atoms with Gasteiger partial charge in [0.05, 0.1) is 5.92 Å². The maximum Gasteiger partial charge on any atom is 0.148 e. The van der Waals surface area contributed by atoms with Crippen molar-refractivity contribution < 1.29 is 4.79 Å². The maximum absolute atomic E-state index is 12.5. The molecule has 0 fully saturated rings. The smallest absolute Gasteiger partial charge is 0.148 e. The SMILES string of the molecule is O=C(CP(c1ccccc1)c1ccccc1)C1C=CC=C1. The maximum atomic E-state index is 12.5. The van der Waals surface area contributed by atoms with Crippen molar-refractivity contribution in [2.24, 2.45) is 5.92 Å². The Bertz CT molecular complexity index is 607. The fourth-order valence-corrected chi connectivity index (χ4v) is 4.71. The summed E-state index contributed by atoms with van der Waals surface area (Å²) in [6.07, 6.45) is 8.46. The second-order valence-corrected chi connectivity index (χ2v) is 7.22. The van der Waals surface area contributed by atoms with Gasteiger partial charge in [0.25, 0.3) is 0 Å². The van der Waals surface area contributed by atoms with Gasteiger partial charge in [0.15, 0.2) is 0 Å². The van der Waals surface area contributed by atoms with Crippen LogP contribution in [0.2, 0.25) is 0 Å². The summed E-state index contributed by atoms with van der Waals surface area (Å²) in [5, 5.41) is 2.52. The minimum Gasteiger partial charge on any atom is -0.298 e. The number of carbonyl (C=O) groups is 1. The molecular weight excluding hydrogens is 275 g/mol. The third-order valence-electron chi connectivity index (χ3n) is 3.57. The number of allylic oxidation sites excluding steroid dienone is 4. The molecular formula is C19H17OP. The molecule has 0 atom stereocenters. The first-order valence-electron chi connectivity index (χ1n) is 7.10. The molecule has 1 aliphatic rings. The number of hydrogen-bond donors (Lipinski definition) is 0. The Balaban J connectivity index is 1.88. The van der Waals surface area contributed by atoms with Crippen LogP contribution in [0.1, 0.15) is 0 Å². The van der Waals surface area contributed by atoms with E-state index in [2.05, 4.69) is 24.3 Å². The van der Waals surface area contributed by atoms with E-state index in [0.717, 1.165) is 0 Å². The Morgan fingerprint density at radius 1 is 0.810 bits per heavy atom. The standard InChI is InChI=1S/C19H17OP/c20-19(16-9-7-8-10-16)15-21(17-11-3-1-4-12-17)18-13-5-2-6-14-18/h1-14,16H,15H2. The minimum atomic E-state index is -0.624. The third-order valence-corrected chi connectivity index (χ3v) is 6.04. The number of ketones is 1.